The molecule has 3 nitrogen and oxygen atoms in total. The van der Waals surface area contributed by atoms with Gasteiger partial charge >= 0.3 is 6.18 Å². The Morgan fingerprint density at radius 2 is 1.71 bits per heavy atom. The maximum Gasteiger partial charge on any atom is 0.416 e. The minimum Gasteiger partial charge on any atom is -0.507 e. The van der Waals surface area contributed by atoms with Crippen LogP contribution in [0, 0.1) is 0 Å². The molecule has 0 aromatic heterocycles. The van der Waals surface area contributed by atoms with Crippen LogP contribution in [-0.4, -0.2) is 18.8 Å². The summed E-state index contributed by atoms with van der Waals surface area (Å²) < 4.78 is 52.8. The summed E-state index contributed by atoms with van der Waals surface area (Å²) in [5.41, 5.74) is 3.38. The molecular weight excluding hydrogens is 441 g/mol. The summed E-state index contributed by atoms with van der Waals surface area (Å²) in [7, 11) is 1.57. The van der Waals surface area contributed by atoms with Crippen LogP contribution in [0.1, 0.15) is 67.2 Å². The molecule has 0 unspecified atom stereocenters. The van der Waals surface area contributed by atoms with Crippen molar-refractivity contribution in [1.82, 2.24) is 0 Å². The molecule has 2 aliphatic carbocycles. The van der Waals surface area contributed by atoms with E-state index in [1.165, 1.54) is 12.1 Å². The quantitative estimate of drug-likeness (QED) is 0.401. The van der Waals surface area contributed by atoms with Gasteiger partial charge in [-0.05, 0) is 59.4 Å². The SMILES string of the molecule is COc1cc2c(O)cc3c(c2c2c1OCC2)-c1ccc(C(F)(F)F)cc1C31CCCCCCC1. The second-order valence-electron chi connectivity index (χ2n) is 9.83. The van der Waals surface area contributed by atoms with E-state index >= 15 is 0 Å². The molecule has 1 spiro atoms. The fourth-order valence-electron chi connectivity index (χ4n) is 6.59. The van der Waals surface area contributed by atoms with Gasteiger partial charge < -0.3 is 14.6 Å². The standard InChI is InChI=1S/C28H27F3O3/c1-33-23-14-19-22(32)15-21-25(24(19)18-9-12-34-26(18)23)17-8-7-16(28(29,30)31)13-20(17)27(21)10-5-3-2-4-6-11-27/h7-8,13-15,32H,2-6,9-12H2,1H3. The molecule has 6 rings (SSSR count). The fraction of sp³-hybridized carbons (Fsp3) is 0.429. The summed E-state index contributed by atoms with van der Waals surface area (Å²) in [5, 5.41) is 12.8. The molecule has 34 heavy (non-hydrogen) atoms. The summed E-state index contributed by atoms with van der Waals surface area (Å²) in [6, 6.07) is 7.83. The number of methoxy groups -OCH3 is 1. The predicted octanol–water partition coefficient (Wildman–Crippen LogP) is 7.52. The van der Waals surface area contributed by atoms with E-state index < -0.39 is 17.2 Å². The van der Waals surface area contributed by atoms with Crippen molar-refractivity contribution in [3.05, 3.63) is 52.6 Å². The van der Waals surface area contributed by atoms with Crippen LogP contribution in [0.5, 0.6) is 17.2 Å². The number of rotatable bonds is 1. The zero-order valence-electron chi connectivity index (χ0n) is 19.1. The monoisotopic (exact) mass is 468 g/mol. The van der Waals surface area contributed by atoms with E-state index in [-0.39, 0.29) is 5.75 Å². The second kappa shape index (κ2) is 7.56. The van der Waals surface area contributed by atoms with Crippen LogP contribution in [0.4, 0.5) is 13.2 Å². The molecule has 178 valence electrons. The maximum absolute atomic E-state index is 13.8. The van der Waals surface area contributed by atoms with Crippen molar-refractivity contribution in [2.45, 2.75) is 63.0 Å². The molecule has 3 aromatic rings. The third-order valence-electron chi connectivity index (χ3n) is 8.09. The first kappa shape index (κ1) is 21.6. The van der Waals surface area contributed by atoms with Crippen molar-refractivity contribution < 1.29 is 27.8 Å². The van der Waals surface area contributed by atoms with Crippen molar-refractivity contribution in [2.75, 3.05) is 13.7 Å². The van der Waals surface area contributed by atoms with Gasteiger partial charge in [-0.15, -0.1) is 0 Å². The molecule has 6 heteroatoms. The van der Waals surface area contributed by atoms with Crippen LogP contribution < -0.4 is 9.47 Å². The minimum absolute atomic E-state index is 0.145. The summed E-state index contributed by atoms with van der Waals surface area (Å²) >= 11 is 0. The van der Waals surface area contributed by atoms with E-state index in [9.17, 15) is 18.3 Å². The van der Waals surface area contributed by atoms with Gasteiger partial charge in [0.25, 0.3) is 0 Å². The summed E-state index contributed by atoms with van der Waals surface area (Å²) in [4.78, 5) is 0. The number of fused-ring (bicyclic) bond motifs is 9. The van der Waals surface area contributed by atoms with Crippen LogP contribution in [0.3, 0.4) is 0 Å². The molecule has 1 saturated carbocycles. The van der Waals surface area contributed by atoms with Gasteiger partial charge in [-0.1, -0.05) is 38.2 Å². The van der Waals surface area contributed by atoms with Gasteiger partial charge in [0, 0.05) is 28.2 Å². The number of phenols is 1. The largest absolute Gasteiger partial charge is 0.507 e. The number of benzene rings is 3. The first-order chi connectivity index (χ1) is 16.3. The Morgan fingerprint density at radius 1 is 0.971 bits per heavy atom. The highest BCUT2D eigenvalue weighted by atomic mass is 19.4. The van der Waals surface area contributed by atoms with Crippen LogP contribution in [0.25, 0.3) is 21.9 Å². The lowest BCUT2D eigenvalue weighted by molar-refractivity contribution is -0.137. The zero-order valence-corrected chi connectivity index (χ0v) is 19.1. The fourth-order valence-corrected chi connectivity index (χ4v) is 6.59. The second-order valence-corrected chi connectivity index (χ2v) is 9.83. The molecule has 1 N–H and O–H groups in total. The highest BCUT2D eigenvalue weighted by Crippen LogP contribution is 2.60. The van der Waals surface area contributed by atoms with E-state index in [0.29, 0.717) is 29.9 Å². The highest BCUT2D eigenvalue weighted by Gasteiger charge is 2.46. The van der Waals surface area contributed by atoms with Gasteiger partial charge in [0.2, 0.25) is 0 Å². The first-order valence-electron chi connectivity index (χ1n) is 12.1. The van der Waals surface area contributed by atoms with Gasteiger partial charge in [-0.3, -0.25) is 0 Å². The number of ether oxygens (including phenoxy) is 2. The van der Waals surface area contributed by atoms with Gasteiger partial charge in [-0.25, -0.2) is 0 Å². The lowest BCUT2D eigenvalue weighted by atomic mass is 9.69. The van der Waals surface area contributed by atoms with E-state index in [0.717, 1.165) is 78.1 Å². The molecule has 0 bridgehead atoms. The molecule has 1 fully saturated rings. The summed E-state index contributed by atoms with van der Waals surface area (Å²) in [6.45, 7) is 0.514. The number of hydrogen-bond acceptors (Lipinski definition) is 3. The Hall–Kier alpha value is -2.89. The normalized spacial score (nSPS) is 18.7. The third kappa shape index (κ3) is 2.96. The number of hydrogen-bond donors (Lipinski definition) is 1. The van der Waals surface area contributed by atoms with Gasteiger partial charge in [0.1, 0.15) is 5.75 Å². The molecular formula is C28H27F3O3. The molecule has 3 aromatic carbocycles. The smallest absolute Gasteiger partial charge is 0.416 e. The Morgan fingerprint density at radius 3 is 2.41 bits per heavy atom. The predicted molar refractivity (Wildman–Crippen MR) is 125 cm³/mol. The van der Waals surface area contributed by atoms with Crippen LogP contribution in [-0.2, 0) is 18.0 Å². The van der Waals surface area contributed by atoms with E-state index in [4.69, 9.17) is 9.47 Å². The molecule has 0 radical (unpaired) electrons. The average molecular weight is 469 g/mol. The highest BCUT2D eigenvalue weighted by molar-refractivity contribution is 6.08. The van der Waals surface area contributed by atoms with E-state index in [2.05, 4.69) is 0 Å². The van der Waals surface area contributed by atoms with E-state index in [1.807, 2.05) is 6.07 Å². The van der Waals surface area contributed by atoms with Crippen LogP contribution in [0.2, 0.25) is 0 Å². The molecule has 0 amide bonds. The third-order valence-corrected chi connectivity index (χ3v) is 8.09. The Kier molecular flexibility index (Phi) is 4.81. The summed E-state index contributed by atoms with van der Waals surface area (Å²) in [5.74, 6) is 1.39. The van der Waals surface area contributed by atoms with Crippen molar-refractivity contribution in [3.8, 4) is 28.4 Å². The molecule has 0 atom stereocenters. The Labute approximate surface area is 196 Å². The van der Waals surface area contributed by atoms with Crippen molar-refractivity contribution in [1.29, 1.82) is 0 Å². The van der Waals surface area contributed by atoms with Gasteiger partial charge in [0.15, 0.2) is 11.5 Å². The van der Waals surface area contributed by atoms with Gasteiger partial charge in [0.05, 0.1) is 19.3 Å². The molecule has 0 saturated heterocycles. The molecule has 1 aliphatic heterocycles. The number of phenolic OH excluding ortho intramolecular Hbond substituents is 1. The maximum atomic E-state index is 13.8. The van der Waals surface area contributed by atoms with Crippen LogP contribution in [0.15, 0.2) is 30.3 Å². The van der Waals surface area contributed by atoms with Gasteiger partial charge in [-0.2, -0.15) is 13.2 Å². The zero-order chi connectivity index (χ0) is 23.7. The van der Waals surface area contributed by atoms with E-state index in [1.54, 1.807) is 19.2 Å². The Bertz CT molecular complexity index is 1300. The number of alkyl halides is 3. The average Bonchev–Trinajstić information content (AvgIpc) is 3.37. The number of halogens is 3. The van der Waals surface area contributed by atoms with Crippen LogP contribution >= 0.6 is 0 Å². The Balaban J connectivity index is 1.72. The topological polar surface area (TPSA) is 38.7 Å². The van der Waals surface area contributed by atoms with Crippen molar-refractivity contribution in [3.63, 3.8) is 0 Å². The summed E-state index contributed by atoms with van der Waals surface area (Å²) in [6.07, 6.45) is 3.06. The van der Waals surface area contributed by atoms with Crippen molar-refractivity contribution in [2.24, 2.45) is 0 Å². The molecule has 3 aliphatic rings. The van der Waals surface area contributed by atoms with Crippen molar-refractivity contribution >= 4 is 10.8 Å². The lowest BCUT2D eigenvalue weighted by Gasteiger charge is -2.34. The lowest BCUT2D eigenvalue weighted by Crippen LogP contribution is -2.27. The molecule has 1 heterocycles. The number of aromatic hydroxyl groups is 1. The minimum atomic E-state index is -4.40. The first-order valence-corrected chi connectivity index (χ1v) is 12.1.